The van der Waals surface area contributed by atoms with Crippen LogP contribution in [0.4, 0.5) is 11.4 Å². The number of rotatable bonds is 3. The van der Waals surface area contributed by atoms with E-state index in [-0.39, 0.29) is 0 Å². The van der Waals surface area contributed by atoms with E-state index in [1.54, 1.807) is 0 Å². The normalized spacial score (nSPS) is 10.9. The second kappa shape index (κ2) is 5.39. The zero-order valence-corrected chi connectivity index (χ0v) is 10.2. The van der Waals surface area contributed by atoms with Crippen molar-refractivity contribution in [2.24, 2.45) is 10.2 Å². The van der Waals surface area contributed by atoms with Gasteiger partial charge < -0.3 is 0 Å². The molecular weight excluding hydrogens is 208 g/mol. The Bertz CT molecular complexity index is 516. The van der Waals surface area contributed by atoms with Crippen molar-refractivity contribution < 1.29 is 0 Å². The summed E-state index contributed by atoms with van der Waals surface area (Å²) in [6, 6.07) is 16.0. The summed E-state index contributed by atoms with van der Waals surface area (Å²) < 4.78 is 0. The first-order valence-electron chi connectivity index (χ1n) is 5.86. The molecule has 0 N–H and O–H groups in total. The van der Waals surface area contributed by atoms with Crippen LogP contribution in [0.1, 0.15) is 18.1 Å². The van der Waals surface area contributed by atoms with Crippen molar-refractivity contribution in [3.8, 4) is 0 Å². The summed E-state index contributed by atoms with van der Waals surface area (Å²) in [7, 11) is 0. The van der Waals surface area contributed by atoms with Crippen LogP contribution in [0.3, 0.4) is 0 Å². The molecule has 2 aromatic carbocycles. The smallest absolute Gasteiger partial charge is 0.0860 e. The molecule has 86 valence electrons. The summed E-state index contributed by atoms with van der Waals surface area (Å²) in [6.45, 7) is 4.28. The van der Waals surface area contributed by atoms with E-state index in [0.717, 1.165) is 17.8 Å². The Morgan fingerprint density at radius 3 is 2.29 bits per heavy atom. The van der Waals surface area contributed by atoms with E-state index in [9.17, 15) is 0 Å². The molecule has 0 saturated carbocycles. The van der Waals surface area contributed by atoms with Crippen molar-refractivity contribution in [1.82, 2.24) is 0 Å². The molecule has 0 radical (unpaired) electrons. The molecule has 0 aliphatic rings. The van der Waals surface area contributed by atoms with Crippen molar-refractivity contribution in [3.05, 3.63) is 59.7 Å². The van der Waals surface area contributed by atoms with Crippen LogP contribution in [0.2, 0.25) is 0 Å². The molecule has 2 heteroatoms. The third-order valence-corrected chi connectivity index (χ3v) is 2.75. The average Bonchev–Trinajstić information content (AvgIpc) is 2.39. The molecule has 0 amide bonds. The second-order valence-electron chi connectivity index (χ2n) is 4.00. The number of hydrogen-bond acceptors (Lipinski definition) is 2. The summed E-state index contributed by atoms with van der Waals surface area (Å²) in [5.74, 6) is 0. The summed E-state index contributed by atoms with van der Waals surface area (Å²) in [5.41, 5.74) is 4.43. The lowest BCUT2D eigenvalue weighted by molar-refractivity contribution is 1.10. The van der Waals surface area contributed by atoms with Gasteiger partial charge in [0.05, 0.1) is 11.4 Å². The second-order valence-corrected chi connectivity index (χ2v) is 4.00. The van der Waals surface area contributed by atoms with Crippen LogP contribution in [0.5, 0.6) is 0 Å². The molecule has 0 aromatic heterocycles. The van der Waals surface area contributed by atoms with Crippen LogP contribution in [0.15, 0.2) is 58.8 Å². The van der Waals surface area contributed by atoms with E-state index in [1.165, 1.54) is 11.1 Å². The highest BCUT2D eigenvalue weighted by Gasteiger charge is 1.97. The monoisotopic (exact) mass is 224 g/mol. The van der Waals surface area contributed by atoms with Gasteiger partial charge in [-0.3, -0.25) is 0 Å². The van der Waals surface area contributed by atoms with Gasteiger partial charge in [-0.05, 0) is 48.7 Å². The van der Waals surface area contributed by atoms with E-state index in [0.29, 0.717) is 0 Å². The lowest BCUT2D eigenvalue weighted by atomic mass is 10.1. The first kappa shape index (κ1) is 11.5. The predicted octanol–water partition coefficient (Wildman–Crippen LogP) is 4.97. The summed E-state index contributed by atoms with van der Waals surface area (Å²) >= 11 is 0. The molecule has 0 fully saturated rings. The Balaban J connectivity index is 2.22. The minimum Gasteiger partial charge on any atom is -0.151 e. The van der Waals surface area contributed by atoms with Gasteiger partial charge in [-0.2, -0.15) is 10.2 Å². The Morgan fingerprint density at radius 1 is 0.882 bits per heavy atom. The number of nitrogens with zero attached hydrogens (tertiary/aromatic N) is 2. The van der Waals surface area contributed by atoms with Crippen molar-refractivity contribution in [3.63, 3.8) is 0 Å². The molecule has 0 aliphatic heterocycles. The van der Waals surface area contributed by atoms with Crippen LogP contribution in [-0.2, 0) is 6.42 Å². The first-order chi connectivity index (χ1) is 8.29. The topological polar surface area (TPSA) is 24.7 Å². The molecule has 0 atom stereocenters. The summed E-state index contributed by atoms with van der Waals surface area (Å²) in [4.78, 5) is 0. The molecule has 0 spiro atoms. The van der Waals surface area contributed by atoms with E-state index in [4.69, 9.17) is 0 Å². The molecule has 2 aromatic rings. The Hall–Kier alpha value is -1.96. The van der Waals surface area contributed by atoms with E-state index in [1.807, 2.05) is 36.4 Å². The fourth-order valence-electron chi connectivity index (χ4n) is 1.71. The molecule has 2 nitrogen and oxygen atoms in total. The molecule has 0 aliphatic carbocycles. The lowest BCUT2D eigenvalue weighted by Crippen LogP contribution is -1.84. The standard InChI is InChI=1S/C15H16N2/c1-3-13-11-15(10-9-12(13)2)17-16-14-7-5-4-6-8-14/h4-11H,3H2,1-2H3. The van der Waals surface area contributed by atoms with Gasteiger partial charge in [0.15, 0.2) is 0 Å². The maximum atomic E-state index is 4.25. The average molecular weight is 224 g/mol. The minimum atomic E-state index is 0.881. The molecule has 0 saturated heterocycles. The van der Waals surface area contributed by atoms with Crippen LogP contribution in [0.25, 0.3) is 0 Å². The number of azo groups is 1. The highest BCUT2D eigenvalue weighted by Crippen LogP contribution is 2.21. The Morgan fingerprint density at radius 2 is 1.59 bits per heavy atom. The number of benzene rings is 2. The fourth-order valence-corrected chi connectivity index (χ4v) is 1.71. The van der Waals surface area contributed by atoms with E-state index in [2.05, 4.69) is 36.2 Å². The highest BCUT2D eigenvalue weighted by molar-refractivity contribution is 5.44. The van der Waals surface area contributed by atoms with Gasteiger partial charge >= 0.3 is 0 Å². The largest absolute Gasteiger partial charge is 0.151 e. The van der Waals surface area contributed by atoms with Crippen LogP contribution < -0.4 is 0 Å². The van der Waals surface area contributed by atoms with E-state index >= 15 is 0 Å². The summed E-state index contributed by atoms with van der Waals surface area (Å²) in [6.07, 6.45) is 1.03. The van der Waals surface area contributed by atoms with Gasteiger partial charge in [-0.25, -0.2) is 0 Å². The molecule has 0 unspecified atom stereocenters. The number of aryl methyl sites for hydroxylation is 2. The van der Waals surface area contributed by atoms with Crippen molar-refractivity contribution in [1.29, 1.82) is 0 Å². The zero-order valence-electron chi connectivity index (χ0n) is 10.2. The first-order valence-corrected chi connectivity index (χ1v) is 5.86. The quantitative estimate of drug-likeness (QED) is 0.657. The van der Waals surface area contributed by atoms with Gasteiger partial charge in [0.1, 0.15) is 0 Å². The van der Waals surface area contributed by atoms with Gasteiger partial charge in [-0.1, -0.05) is 31.2 Å². The number of hydrogen-bond donors (Lipinski definition) is 0. The molecule has 17 heavy (non-hydrogen) atoms. The molecule has 0 heterocycles. The minimum absolute atomic E-state index is 0.881. The SMILES string of the molecule is CCc1cc(N=Nc2ccccc2)ccc1C. The molecule has 0 bridgehead atoms. The fraction of sp³-hybridized carbons (Fsp3) is 0.200. The zero-order chi connectivity index (χ0) is 12.1. The van der Waals surface area contributed by atoms with Gasteiger partial charge in [0.25, 0.3) is 0 Å². The Kier molecular flexibility index (Phi) is 3.66. The van der Waals surface area contributed by atoms with Crippen molar-refractivity contribution >= 4 is 11.4 Å². The molecular formula is C15H16N2. The maximum Gasteiger partial charge on any atom is 0.0860 e. The van der Waals surface area contributed by atoms with Crippen molar-refractivity contribution in [2.75, 3.05) is 0 Å². The third kappa shape index (κ3) is 3.00. The van der Waals surface area contributed by atoms with E-state index < -0.39 is 0 Å². The Labute approximate surface area is 102 Å². The lowest BCUT2D eigenvalue weighted by Gasteiger charge is -2.02. The van der Waals surface area contributed by atoms with Crippen LogP contribution >= 0.6 is 0 Å². The highest BCUT2D eigenvalue weighted by atomic mass is 15.1. The van der Waals surface area contributed by atoms with Crippen LogP contribution in [0, 0.1) is 6.92 Å². The van der Waals surface area contributed by atoms with Gasteiger partial charge in [0.2, 0.25) is 0 Å². The third-order valence-electron chi connectivity index (χ3n) is 2.75. The van der Waals surface area contributed by atoms with Crippen molar-refractivity contribution in [2.45, 2.75) is 20.3 Å². The summed E-state index contributed by atoms with van der Waals surface area (Å²) in [5, 5.41) is 8.46. The van der Waals surface area contributed by atoms with Crippen LogP contribution in [-0.4, -0.2) is 0 Å². The predicted molar refractivity (Wildman–Crippen MR) is 71.2 cm³/mol. The van der Waals surface area contributed by atoms with Gasteiger partial charge in [0, 0.05) is 0 Å². The molecule has 2 rings (SSSR count). The maximum absolute atomic E-state index is 4.25. The van der Waals surface area contributed by atoms with Gasteiger partial charge in [-0.15, -0.1) is 0 Å².